The van der Waals surface area contributed by atoms with E-state index < -0.39 is 5.60 Å². The number of nitrogens with zero attached hydrogens (tertiary/aromatic N) is 1. The number of fused-ring (bicyclic) bond motifs is 1. The minimum atomic E-state index is -0.630. The number of carbonyl (C=O) groups is 1. The first-order valence-electron chi connectivity index (χ1n) is 9.03. The van der Waals surface area contributed by atoms with Crippen LogP contribution in [0.1, 0.15) is 35.3 Å². The lowest BCUT2D eigenvalue weighted by Gasteiger charge is -2.37. The Hall–Kier alpha value is -1.69. The second-order valence-electron chi connectivity index (χ2n) is 7.14. The van der Waals surface area contributed by atoms with Crippen molar-refractivity contribution >= 4 is 22.9 Å². The number of hydrogen-bond acceptors (Lipinski definition) is 4. The smallest absolute Gasteiger partial charge is 0.224 e. The van der Waals surface area contributed by atoms with E-state index in [1.807, 2.05) is 23.6 Å². The molecule has 0 unspecified atom stereocenters. The molecule has 25 heavy (non-hydrogen) atoms. The number of rotatable bonds is 4. The lowest BCUT2D eigenvalue weighted by Crippen LogP contribution is -2.42. The van der Waals surface area contributed by atoms with Gasteiger partial charge in [-0.25, -0.2) is 0 Å². The molecule has 3 heterocycles. The number of aryl methyl sites for hydroxylation is 1. The van der Waals surface area contributed by atoms with Crippen LogP contribution < -0.4 is 5.32 Å². The number of aliphatic hydroxyl groups is 1. The van der Waals surface area contributed by atoms with Crippen molar-refractivity contribution in [3.05, 3.63) is 51.7 Å². The van der Waals surface area contributed by atoms with Gasteiger partial charge in [0.25, 0.3) is 0 Å². The average molecular weight is 356 g/mol. The minimum absolute atomic E-state index is 0.117. The van der Waals surface area contributed by atoms with Gasteiger partial charge in [0.1, 0.15) is 5.60 Å². The molecular weight excluding hydrogens is 332 g/mol. The summed E-state index contributed by atoms with van der Waals surface area (Å²) in [5, 5.41) is 15.8. The van der Waals surface area contributed by atoms with Crippen LogP contribution in [0, 0.1) is 0 Å². The highest BCUT2D eigenvalue weighted by Crippen LogP contribution is 2.35. The second-order valence-corrected chi connectivity index (χ2v) is 8.09. The van der Waals surface area contributed by atoms with Crippen molar-refractivity contribution in [2.75, 3.05) is 25.0 Å². The maximum Gasteiger partial charge on any atom is 0.224 e. The lowest BCUT2D eigenvalue weighted by atomic mass is 9.89. The summed E-state index contributed by atoms with van der Waals surface area (Å²) in [5.74, 6) is 0.117. The Kier molecular flexibility index (Phi) is 4.63. The fraction of sp³-hybridized carbons (Fsp3) is 0.450. The van der Waals surface area contributed by atoms with Crippen molar-refractivity contribution in [2.45, 2.75) is 37.7 Å². The molecule has 2 aliphatic rings. The Balaban J connectivity index is 1.32. The van der Waals surface area contributed by atoms with Crippen LogP contribution in [0.2, 0.25) is 0 Å². The molecule has 2 N–H and O–H groups in total. The molecule has 0 spiro atoms. The highest BCUT2D eigenvalue weighted by molar-refractivity contribution is 7.10. The van der Waals surface area contributed by atoms with Crippen LogP contribution in [0.15, 0.2) is 35.7 Å². The van der Waals surface area contributed by atoms with Gasteiger partial charge in [0, 0.05) is 36.6 Å². The fourth-order valence-corrected chi connectivity index (χ4v) is 4.70. The molecule has 0 saturated carbocycles. The molecule has 1 saturated heterocycles. The van der Waals surface area contributed by atoms with Gasteiger partial charge >= 0.3 is 0 Å². The highest BCUT2D eigenvalue weighted by atomic mass is 32.1. The summed E-state index contributed by atoms with van der Waals surface area (Å²) in [4.78, 5) is 15.0. The second kappa shape index (κ2) is 6.90. The van der Waals surface area contributed by atoms with Crippen molar-refractivity contribution in [1.29, 1.82) is 0 Å². The Bertz CT molecular complexity index is 749. The van der Waals surface area contributed by atoms with E-state index in [0.29, 0.717) is 6.42 Å². The monoisotopic (exact) mass is 356 g/mol. The molecule has 1 aromatic carbocycles. The van der Waals surface area contributed by atoms with Gasteiger partial charge in [-0.05, 0) is 54.3 Å². The number of piperidine rings is 1. The summed E-state index contributed by atoms with van der Waals surface area (Å²) in [6, 6.07) is 10.5. The van der Waals surface area contributed by atoms with E-state index in [4.69, 9.17) is 0 Å². The van der Waals surface area contributed by atoms with Gasteiger partial charge in [0.2, 0.25) is 5.91 Å². The van der Waals surface area contributed by atoms with Crippen molar-refractivity contribution in [3.8, 4) is 0 Å². The summed E-state index contributed by atoms with van der Waals surface area (Å²) >= 11 is 1.65. The molecule has 1 fully saturated rings. The molecule has 4 rings (SSSR count). The van der Waals surface area contributed by atoms with E-state index in [1.165, 1.54) is 11.1 Å². The Morgan fingerprint density at radius 2 is 2.04 bits per heavy atom. The third-order valence-electron chi connectivity index (χ3n) is 5.44. The van der Waals surface area contributed by atoms with Gasteiger partial charge in [-0.3, -0.25) is 4.79 Å². The summed E-state index contributed by atoms with van der Waals surface area (Å²) in [7, 11) is 0. The van der Waals surface area contributed by atoms with Crippen LogP contribution in [-0.4, -0.2) is 35.5 Å². The van der Waals surface area contributed by atoms with Crippen LogP contribution in [0.3, 0.4) is 0 Å². The normalized spacial score (nSPS) is 20.1. The Morgan fingerprint density at radius 1 is 1.20 bits per heavy atom. The molecule has 0 atom stereocenters. The minimum Gasteiger partial charge on any atom is -0.384 e. The zero-order chi connectivity index (χ0) is 17.3. The summed E-state index contributed by atoms with van der Waals surface area (Å²) < 4.78 is 0. The van der Waals surface area contributed by atoms with Gasteiger partial charge in [0.05, 0.1) is 0 Å². The third kappa shape index (κ3) is 3.64. The van der Waals surface area contributed by atoms with E-state index in [1.54, 1.807) is 11.3 Å². The number of nitrogens with one attached hydrogen (secondary N) is 1. The molecule has 1 amide bonds. The van der Waals surface area contributed by atoms with E-state index in [2.05, 4.69) is 22.3 Å². The van der Waals surface area contributed by atoms with Crippen LogP contribution >= 0.6 is 11.3 Å². The van der Waals surface area contributed by atoms with E-state index in [-0.39, 0.29) is 5.91 Å². The topological polar surface area (TPSA) is 52.6 Å². The summed E-state index contributed by atoms with van der Waals surface area (Å²) in [6.45, 7) is 2.90. The van der Waals surface area contributed by atoms with Crippen LogP contribution in [-0.2, 0) is 23.2 Å². The van der Waals surface area contributed by atoms with E-state index >= 15 is 0 Å². The van der Waals surface area contributed by atoms with E-state index in [0.717, 1.165) is 55.9 Å². The number of likely N-dealkylation sites (tertiary alicyclic amines) is 1. The standard InChI is InChI=1S/C20H24N2O2S/c23-19-6-4-16-14-15(3-5-17(16)21-19)7-10-22-11-8-20(24,9-12-22)18-2-1-13-25-18/h1-3,5,13-14,24H,4,6-12H2,(H,21,23). The quantitative estimate of drug-likeness (QED) is 0.885. The molecule has 2 aromatic rings. The van der Waals surface area contributed by atoms with Gasteiger partial charge in [-0.1, -0.05) is 18.2 Å². The number of hydrogen-bond donors (Lipinski definition) is 2. The van der Waals surface area contributed by atoms with Gasteiger partial charge in [-0.2, -0.15) is 0 Å². The number of anilines is 1. The zero-order valence-electron chi connectivity index (χ0n) is 14.3. The van der Waals surface area contributed by atoms with Crippen LogP contribution in [0.4, 0.5) is 5.69 Å². The highest BCUT2D eigenvalue weighted by Gasteiger charge is 2.34. The van der Waals surface area contributed by atoms with Crippen LogP contribution in [0.25, 0.3) is 0 Å². The summed E-state index contributed by atoms with van der Waals surface area (Å²) in [6.07, 6.45) is 4.06. The first-order chi connectivity index (χ1) is 12.1. The first kappa shape index (κ1) is 16.8. The Morgan fingerprint density at radius 3 is 2.80 bits per heavy atom. The fourth-order valence-electron chi connectivity index (χ4n) is 3.82. The number of amides is 1. The third-order valence-corrected chi connectivity index (χ3v) is 6.51. The number of benzene rings is 1. The van der Waals surface area contributed by atoms with Crippen molar-refractivity contribution in [2.24, 2.45) is 0 Å². The lowest BCUT2D eigenvalue weighted by molar-refractivity contribution is -0.116. The molecule has 0 radical (unpaired) electrons. The average Bonchev–Trinajstić information content (AvgIpc) is 3.17. The largest absolute Gasteiger partial charge is 0.384 e. The first-order valence-corrected chi connectivity index (χ1v) is 9.91. The molecule has 2 aliphatic heterocycles. The Labute approximate surface area is 152 Å². The van der Waals surface area contributed by atoms with Gasteiger partial charge in [-0.15, -0.1) is 11.3 Å². The van der Waals surface area contributed by atoms with Crippen LogP contribution in [0.5, 0.6) is 0 Å². The predicted molar refractivity (Wildman–Crippen MR) is 101 cm³/mol. The SMILES string of the molecule is O=C1CCc2cc(CCN3CCC(O)(c4cccs4)CC3)ccc2N1. The zero-order valence-corrected chi connectivity index (χ0v) is 15.1. The van der Waals surface area contributed by atoms with Crippen molar-refractivity contribution in [1.82, 2.24) is 4.90 Å². The van der Waals surface area contributed by atoms with Gasteiger partial charge < -0.3 is 15.3 Å². The molecule has 4 nitrogen and oxygen atoms in total. The molecule has 0 aliphatic carbocycles. The van der Waals surface area contributed by atoms with E-state index in [9.17, 15) is 9.90 Å². The van der Waals surface area contributed by atoms with Gasteiger partial charge in [0.15, 0.2) is 0 Å². The molecule has 132 valence electrons. The predicted octanol–water partition coefficient (Wildman–Crippen LogP) is 3.16. The number of carbonyl (C=O) groups excluding carboxylic acids is 1. The molecule has 5 heteroatoms. The molecule has 0 bridgehead atoms. The maximum absolute atomic E-state index is 11.4. The van der Waals surface area contributed by atoms with Crippen molar-refractivity contribution < 1.29 is 9.90 Å². The van der Waals surface area contributed by atoms with Crippen molar-refractivity contribution in [3.63, 3.8) is 0 Å². The maximum atomic E-state index is 11.4. The molecule has 1 aromatic heterocycles. The number of thiophene rings is 1. The summed E-state index contributed by atoms with van der Waals surface area (Å²) in [5.41, 5.74) is 2.92. The molecular formula is C20H24N2O2S.